The highest BCUT2D eigenvalue weighted by molar-refractivity contribution is 5.89. The van der Waals surface area contributed by atoms with Crippen LogP contribution in [-0.2, 0) is 0 Å². The van der Waals surface area contributed by atoms with Gasteiger partial charge in [0.25, 0.3) is 0 Å². The molecule has 4 heteroatoms. The second-order valence-electron chi connectivity index (χ2n) is 6.77. The number of rotatable bonds is 2. The molecule has 0 aromatic carbocycles. The Balaban J connectivity index is 1.90. The van der Waals surface area contributed by atoms with Crippen molar-refractivity contribution in [2.75, 3.05) is 6.54 Å². The molecule has 0 spiro atoms. The molecule has 1 fully saturated rings. The summed E-state index contributed by atoms with van der Waals surface area (Å²) in [4.78, 5) is 0. The lowest BCUT2D eigenvalue weighted by atomic mass is 9.83. The molecule has 3 aliphatic rings. The molecule has 1 N–H and O–H groups in total. The molecule has 3 nitrogen and oxygen atoms in total. The Bertz CT molecular complexity index is 480. The normalized spacial score (nSPS) is 36.3. The maximum Gasteiger partial charge on any atom is 0.122 e. The van der Waals surface area contributed by atoms with E-state index < -0.39 is 6.17 Å². The minimum absolute atomic E-state index is 0.283. The van der Waals surface area contributed by atoms with Crippen LogP contribution in [-0.4, -0.2) is 41.6 Å². The SMILES string of the molecule is CC1CC2C(=NN(C(C)C)C2C2=CCC(F)C=C2)CCN1. The van der Waals surface area contributed by atoms with Crippen molar-refractivity contribution in [2.24, 2.45) is 11.0 Å². The van der Waals surface area contributed by atoms with Gasteiger partial charge in [0.15, 0.2) is 0 Å². The molecule has 0 aromatic rings. The number of hydrogen-bond acceptors (Lipinski definition) is 3. The zero-order valence-electron chi connectivity index (χ0n) is 13.2. The molecule has 2 aliphatic heterocycles. The van der Waals surface area contributed by atoms with Gasteiger partial charge in [-0.3, -0.25) is 5.01 Å². The quantitative estimate of drug-likeness (QED) is 0.847. The van der Waals surface area contributed by atoms with E-state index in [2.05, 4.69) is 37.2 Å². The fraction of sp³-hybridized carbons (Fsp3) is 0.706. The standard InChI is InChI=1S/C17H26FN3/c1-11(2)21-17(13-4-6-14(18)7-5-13)15-10-12(3)19-9-8-16(15)20-21/h4-6,11-12,14-15,17,19H,7-10H2,1-3H3. The summed E-state index contributed by atoms with van der Waals surface area (Å²) < 4.78 is 13.4. The van der Waals surface area contributed by atoms with Gasteiger partial charge in [0.05, 0.1) is 6.04 Å². The average Bonchev–Trinajstić information content (AvgIpc) is 2.69. The molecular formula is C17H26FN3. The van der Waals surface area contributed by atoms with E-state index in [4.69, 9.17) is 5.10 Å². The largest absolute Gasteiger partial charge is 0.314 e. The summed E-state index contributed by atoms with van der Waals surface area (Å²) in [6.45, 7) is 7.64. The number of fused-ring (bicyclic) bond motifs is 1. The third kappa shape index (κ3) is 2.91. The summed E-state index contributed by atoms with van der Waals surface area (Å²) in [5.74, 6) is 0.462. The lowest BCUT2D eigenvalue weighted by Crippen LogP contribution is -2.40. The van der Waals surface area contributed by atoms with Crippen LogP contribution in [0.3, 0.4) is 0 Å². The molecule has 4 unspecified atom stereocenters. The third-order valence-electron chi connectivity index (χ3n) is 4.77. The summed E-state index contributed by atoms with van der Waals surface area (Å²) in [7, 11) is 0. The van der Waals surface area contributed by atoms with Crippen LogP contribution >= 0.6 is 0 Å². The van der Waals surface area contributed by atoms with Gasteiger partial charge in [0.1, 0.15) is 6.17 Å². The van der Waals surface area contributed by atoms with Crippen molar-refractivity contribution < 1.29 is 4.39 Å². The average molecular weight is 291 g/mol. The molecule has 0 radical (unpaired) electrons. The van der Waals surface area contributed by atoms with E-state index in [1.165, 1.54) is 11.3 Å². The molecule has 4 atom stereocenters. The van der Waals surface area contributed by atoms with E-state index in [9.17, 15) is 4.39 Å². The van der Waals surface area contributed by atoms with E-state index in [0.29, 0.717) is 24.4 Å². The minimum Gasteiger partial charge on any atom is -0.314 e. The van der Waals surface area contributed by atoms with Crippen molar-refractivity contribution in [3.63, 3.8) is 0 Å². The molecule has 0 saturated carbocycles. The van der Waals surface area contributed by atoms with Crippen LogP contribution in [0.4, 0.5) is 4.39 Å². The van der Waals surface area contributed by atoms with Crippen molar-refractivity contribution in [2.45, 2.75) is 64.3 Å². The number of alkyl halides is 1. The monoisotopic (exact) mass is 291 g/mol. The highest BCUT2D eigenvalue weighted by atomic mass is 19.1. The molecular weight excluding hydrogens is 265 g/mol. The van der Waals surface area contributed by atoms with Crippen molar-refractivity contribution in [1.29, 1.82) is 0 Å². The highest BCUT2D eigenvalue weighted by Gasteiger charge is 2.41. The Morgan fingerprint density at radius 1 is 1.43 bits per heavy atom. The first-order chi connectivity index (χ1) is 10.1. The molecule has 1 aliphatic carbocycles. The highest BCUT2D eigenvalue weighted by Crippen LogP contribution is 2.36. The van der Waals surface area contributed by atoms with Gasteiger partial charge in [-0.1, -0.05) is 18.2 Å². The first kappa shape index (κ1) is 14.8. The van der Waals surface area contributed by atoms with E-state index in [1.807, 2.05) is 6.08 Å². The van der Waals surface area contributed by atoms with Crippen LogP contribution in [0.2, 0.25) is 0 Å². The topological polar surface area (TPSA) is 27.6 Å². The Morgan fingerprint density at radius 2 is 2.24 bits per heavy atom. The molecule has 0 bridgehead atoms. The van der Waals surface area contributed by atoms with Crippen LogP contribution in [0, 0.1) is 5.92 Å². The smallest absolute Gasteiger partial charge is 0.122 e. The maximum atomic E-state index is 13.4. The maximum absolute atomic E-state index is 13.4. The van der Waals surface area contributed by atoms with Gasteiger partial charge >= 0.3 is 0 Å². The summed E-state index contributed by atoms with van der Waals surface area (Å²) in [6, 6.07) is 1.17. The lowest BCUT2D eigenvalue weighted by Gasteiger charge is -2.33. The van der Waals surface area contributed by atoms with Gasteiger partial charge in [0.2, 0.25) is 0 Å². The number of nitrogens with zero attached hydrogens (tertiary/aromatic N) is 2. The summed E-state index contributed by atoms with van der Waals surface area (Å²) in [5, 5.41) is 10.7. The fourth-order valence-electron chi connectivity index (χ4n) is 3.71. The van der Waals surface area contributed by atoms with Crippen molar-refractivity contribution in [1.82, 2.24) is 10.3 Å². The first-order valence-electron chi connectivity index (χ1n) is 8.17. The fourth-order valence-corrected chi connectivity index (χ4v) is 3.71. The van der Waals surface area contributed by atoms with Crippen LogP contribution in [0.1, 0.15) is 40.0 Å². The zero-order chi connectivity index (χ0) is 15.0. The van der Waals surface area contributed by atoms with Gasteiger partial charge in [-0.25, -0.2) is 4.39 Å². The Kier molecular flexibility index (Phi) is 4.16. The predicted molar refractivity (Wildman–Crippen MR) is 85.1 cm³/mol. The van der Waals surface area contributed by atoms with Crippen molar-refractivity contribution in [3.05, 3.63) is 23.8 Å². The van der Waals surface area contributed by atoms with Crippen LogP contribution in [0.15, 0.2) is 28.9 Å². The zero-order valence-corrected chi connectivity index (χ0v) is 13.2. The van der Waals surface area contributed by atoms with E-state index >= 15 is 0 Å². The summed E-state index contributed by atoms with van der Waals surface area (Å²) in [6.07, 6.45) is 7.57. The number of halogens is 1. The number of nitrogens with one attached hydrogen (secondary N) is 1. The predicted octanol–water partition coefficient (Wildman–Crippen LogP) is 3.05. The molecule has 2 heterocycles. The van der Waals surface area contributed by atoms with Gasteiger partial charge in [-0.2, -0.15) is 5.10 Å². The Morgan fingerprint density at radius 3 is 2.90 bits per heavy atom. The van der Waals surface area contributed by atoms with Crippen LogP contribution in [0.25, 0.3) is 0 Å². The lowest BCUT2D eigenvalue weighted by molar-refractivity contribution is 0.177. The number of hydrogen-bond donors (Lipinski definition) is 1. The first-order valence-corrected chi connectivity index (χ1v) is 8.17. The summed E-state index contributed by atoms with van der Waals surface area (Å²) >= 11 is 0. The molecule has 0 amide bonds. The molecule has 21 heavy (non-hydrogen) atoms. The van der Waals surface area contributed by atoms with Gasteiger partial charge in [-0.05, 0) is 32.8 Å². The van der Waals surface area contributed by atoms with Crippen LogP contribution in [0.5, 0.6) is 0 Å². The second-order valence-corrected chi connectivity index (χ2v) is 6.77. The minimum atomic E-state index is -0.822. The van der Waals surface area contributed by atoms with E-state index in [1.54, 1.807) is 6.08 Å². The van der Waals surface area contributed by atoms with E-state index in [0.717, 1.165) is 19.4 Å². The van der Waals surface area contributed by atoms with Crippen LogP contribution < -0.4 is 5.32 Å². The van der Waals surface area contributed by atoms with Gasteiger partial charge in [-0.15, -0.1) is 0 Å². The molecule has 3 rings (SSSR count). The van der Waals surface area contributed by atoms with Crippen molar-refractivity contribution in [3.8, 4) is 0 Å². The third-order valence-corrected chi connectivity index (χ3v) is 4.77. The summed E-state index contributed by atoms with van der Waals surface area (Å²) in [5.41, 5.74) is 2.57. The number of allylic oxidation sites excluding steroid dienone is 2. The van der Waals surface area contributed by atoms with Crippen molar-refractivity contribution >= 4 is 5.71 Å². The van der Waals surface area contributed by atoms with Gasteiger partial charge < -0.3 is 5.32 Å². The Hall–Kier alpha value is -1.16. The molecule has 1 saturated heterocycles. The second kappa shape index (κ2) is 5.91. The van der Waals surface area contributed by atoms with E-state index in [-0.39, 0.29) is 6.04 Å². The van der Waals surface area contributed by atoms with Gasteiger partial charge in [0, 0.05) is 43.1 Å². The Labute approximate surface area is 127 Å². The number of hydrazone groups is 1. The molecule has 0 aromatic heterocycles. The molecule has 116 valence electrons.